The monoisotopic (exact) mass is 386 g/mol. The maximum Gasteiger partial charge on any atom is 0.417 e. The lowest BCUT2D eigenvalue weighted by Gasteiger charge is -2.19. The Bertz CT molecular complexity index is 832. The van der Waals surface area contributed by atoms with E-state index in [1.54, 1.807) is 0 Å². The summed E-state index contributed by atoms with van der Waals surface area (Å²) in [6.07, 6.45) is -7.19. The van der Waals surface area contributed by atoms with Crippen molar-refractivity contribution in [2.75, 3.05) is 0 Å². The van der Waals surface area contributed by atoms with Gasteiger partial charge in [0.1, 0.15) is 0 Å². The number of hydrogen-bond donors (Lipinski definition) is 1. The molecule has 0 fully saturated rings. The van der Waals surface area contributed by atoms with E-state index in [-0.39, 0.29) is 0 Å². The molecular weight excluding hydrogens is 374 g/mol. The van der Waals surface area contributed by atoms with Crippen molar-refractivity contribution in [2.24, 2.45) is 0 Å². The van der Waals surface area contributed by atoms with Gasteiger partial charge in [0, 0.05) is 6.08 Å². The molecule has 0 aliphatic heterocycles. The molecule has 0 aliphatic carbocycles. The van der Waals surface area contributed by atoms with Gasteiger partial charge in [-0.25, -0.2) is 4.79 Å². The quantitative estimate of drug-likeness (QED) is 0.410. The van der Waals surface area contributed by atoms with E-state index in [1.807, 2.05) is 0 Å². The fourth-order valence-corrected chi connectivity index (χ4v) is 2.48. The van der Waals surface area contributed by atoms with Gasteiger partial charge in [-0.3, -0.25) is 0 Å². The first-order valence-corrected chi connectivity index (χ1v) is 7.46. The number of carboxylic acid groups (broad SMARTS) is 1. The van der Waals surface area contributed by atoms with Gasteiger partial charge < -0.3 is 5.11 Å². The Morgan fingerprint density at radius 3 is 1.56 bits per heavy atom. The van der Waals surface area contributed by atoms with E-state index in [9.17, 15) is 31.1 Å². The van der Waals surface area contributed by atoms with Crippen molar-refractivity contribution in [2.45, 2.75) is 12.4 Å². The topological polar surface area (TPSA) is 37.3 Å². The molecule has 2 nitrogen and oxygen atoms in total. The van der Waals surface area contributed by atoms with E-state index in [0.717, 1.165) is 48.6 Å². The van der Waals surface area contributed by atoms with Crippen molar-refractivity contribution in [3.8, 4) is 0 Å². The summed E-state index contributed by atoms with van der Waals surface area (Å²) in [4.78, 5) is 10.6. The number of carboxylic acids is 1. The van der Waals surface area contributed by atoms with E-state index in [2.05, 4.69) is 0 Å². The first-order valence-electron chi connectivity index (χ1n) is 7.46. The molecule has 0 unspecified atom stereocenters. The largest absolute Gasteiger partial charge is 0.478 e. The van der Waals surface area contributed by atoms with Crippen LogP contribution < -0.4 is 0 Å². The third-order valence-electron chi connectivity index (χ3n) is 3.55. The zero-order chi connectivity index (χ0) is 20.2. The molecule has 2 aromatic rings. The maximum absolute atomic E-state index is 13.3. The zero-order valence-corrected chi connectivity index (χ0v) is 13.5. The lowest BCUT2D eigenvalue weighted by molar-refractivity contribution is -0.138. The summed E-state index contributed by atoms with van der Waals surface area (Å²) in [5.41, 5.74) is -3.63. The van der Waals surface area contributed by atoms with Gasteiger partial charge in [0.15, 0.2) is 0 Å². The molecule has 0 spiro atoms. The fraction of sp³-hybridized carbons (Fsp3) is 0.105. The highest BCUT2D eigenvalue weighted by molar-refractivity contribution is 5.86. The van der Waals surface area contributed by atoms with Crippen molar-refractivity contribution >= 4 is 11.5 Å². The summed E-state index contributed by atoms with van der Waals surface area (Å²) in [7, 11) is 0. The van der Waals surface area contributed by atoms with Gasteiger partial charge >= 0.3 is 18.3 Å². The number of carbonyl (C=O) groups is 1. The summed E-state index contributed by atoms with van der Waals surface area (Å²) in [5, 5.41) is 8.66. The Balaban J connectivity index is 2.80. The van der Waals surface area contributed by atoms with Crippen LogP contribution in [-0.4, -0.2) is 11.1 Å². The highest BCUT2D eigenvalue weighted by atomic mass is 19.4. The second-order valence-corrected chi connectivity index (χ2v) is 5.36. The first kappa shape index (κ1) is 20.3. The molecule has 8 heteroatoms. The van der Waals surface area contributed by atoms with Crippen LogP contribution in [0, 0.1) is 0 Å². The van der Waals surface area contributed by atoms with Gasteiger partial charge in [-0.1, -0.05) is 48.6 Å². The van der Waals surface area contributed by atoms with Crippen LogP contribution in [0.5, 0.6) is 0 Å². The van der Waals surface area contributed by atoms with Crippen LogP contribution in [0.25, 0.3) is 5.57 Å². The number of benzene rings is 2. The number of hydrogen-bond acceptors (Lipinski definition) is 1. The van der Waals surface area contributed by atoms with Crippen molar-refractivity contribution in [3.05, 3.63) is 89.0 Å². The second-order valence-electron chi connectivity index (χ2n) is 5.36. The summed E-state index contributed by atoms with van der Waals surface area (Å²) < 4.78 is 80.1. The number of aliphatic carboxylic acids is 1. The first-order chi connectivity index (χ1) is 12.5. The Morgan fingerprint density at radius 2 is 1.19 bits per heavy atom. The van der Waals surface area contributed by atoms with Crippen molar-refractivity contribution in [1.29, 1.82) is 0 Å². The van der Waals surface area contributed by atoms with Gasteiger partial charge in [-0.2, -0.15) is 26.3 Å². The van der Waals surface area contributed by atoms with Gasteiger partial charge in [0.2, 0.25) is 0 Å². The Labute approximate surface area is 150 Å². The molecule has 27 heavy (non-hydrogen) atoms. The molecule has 1 N–H and O–H groups in total. The maximum atomic E-state index is 13.3. The second kappa shape index (κ2) is 7.69. The predicted molar refractivity (Wildman–Crippen MR) is 86.7 cm³/mol. The minimum Gasteiger partial charge on any atom is -0.478 e. The van der Waals surface area contributed by atoms with Crippen LogP contribution in [0.2, 0.25) is 0 Å². The van der Waals surface area contributed by atoms with Crippen LogP contribution in [0.15, 0.2) is 66.8 Å². The molecule has 0 saturated carbocycles. The highest BCUT2D eigenvalue weighted by Gasteiger charge is 2.37. The van der Waals surface area contributed by atoms with Gasteiger partial charge in [0.25, 0.3) is 0 Å². The Kier molecular flexibility index (Phi) is 5.78. The Hall–Kier alpha value is -3.03. The molecule has 0 heterocycles. The number of halogens is 6. The van der Waals surface area contributed by atoms with Crippen LogP contribution in [-0.2, 0) is 17.1 Å². The van der Waals surface area contributed by atoms with Crippen molar-refractivity contribution in [3.63, 3.8) is 0 Å². The van der Waals surface area contributed by atoms with Gasteiger partial charge in [-0.05, 0) is 28.8 Å². The number of alkyl halides is 6. The van der Waals surface area contributed by atoms with Gasteiger partial charge in [0.05, 0.1) is 11.1 Å². The summed E-state index contributed by atoms with van der Waals surface area (Å²) in [6, 6.07) is 8.33. The van der Waals surface area contributed by atoms with Crippen molar-refractivity contribution < 1.29 is 36.2 Å². The van der Waals surface area contributed by atoms with E-state index in [0.29, 0.717) is 6.08 Å². The lowest BCUT2D eigenvalue weighted by atomic mass is 9.90. The third kappa shape index (κ3) is 4.99. The molecular formula is C19H12F6O2. The van der Waals surface area contributed by atoms with Crippen molar-refractivity contribution in [1.82, 2.24) is 0 Å². The molecule has 142 valence electrons. The molecule has 0 radical (unpaired) electrons. The normalized spacial score (nSPS) is 12.2. The standard InChI is InChI=1S/C19H12F6O2/c20-18(21,22)15-9-3-1-6-13(15)12(8-5-11-17(26)27)14-7-2-4-10-16(14)19(23,24)25/h1-11H,(H,26,27)/b11-5+. The molecule has 0 saturated heterocycles. The average molecular weight is 386 g/mol. The molecule has 0 amide bonds. The van der Waals surface area contributed by atoms with E-state index < -0.39 is 46.1 Å². The van der Waals surface area contributed by atoms with E-state index in [1.165, 1.54) is 12.1 Å². The zero-order valence-electron chi connectivity index (χ0n) is 13.5. The van der Waals surface area contributed by atoms with Crippen LogP contribution in [0.1, 0.15) is 22.3 Å². The molecule has 0 aromatic heterocycles. The SMILES string of the molecule is O=C(O)/C=C/C=C(c1ccccc1C(F)(F)F)c1ccccc1C(F)(F)F. The fourth-order valence-electron chi connectivity index (χ4n) is 2.48. The minimum absolute atomic E-state index is 0.395. The molecule has 2 rings (SSSR count). The summed E-state index contributed by atoms with van der Waals surface area (Å²) in [5.74, 6) is -1.39. The molecule has 0 atom stereocenters. The molecule has 0 bridgehead atoms. The summed E-state index contributed by atoms with van der Waals surface area (Å²) >= 11 is 0. The Morgan fingerprint density at radius 1 is 0.778 bits per heavy atom. The average Bonchev–Trinajstić information content (AvgIpc) is 2.57. The predicted octanol–water partition coefficient (Wildman–Crippen LogP) is 5.80. The van der Waals surface area contributed by atoms with Gasteiger partial charge in [-0.15, -0.1) is 0 Å². The molecule has 0 aliphatic rings. The highest BCUT2D eigenvalue weighted by Crippen LogP contribution is 2.41. The summed E-state index contributed by atoms with van der Waals surface area (Å²) in [6.45, 7) is 0. The van der Waals surface area contributed by atoms with E-state index in [4.69, 9.17) is 5.11 Å². The number of rotatable bonds is 4. The van der Waals surface area contributed by atoms with Crippen LogP contribution >= 0.6 is 0 Å². The van der Waals surface area contributed by atoms with Crippen LogP contribution in [0.3, 0.4) is 0 Å². The number of allylic oxidation sites excluding steroid dienone is 2. The third-order valence-corrected chi connectivity index (χ3v) is 3.55. The smallest absolute Gasteiger partial charge is 0.417 e. The lowest BCUT2D eigenvalue weighted by Crippen LogP contribution is -2.12. The minimum atomic E-state index is -4.81. The van der Waals surface area contributed by atoms with Crippen LogP contribution in [0.4, 0.5) is 26.3 Å². The van der Waals surface area contributed by atoms with E-state index >= 15 is 0 Å². The molecule has 2 aromatic carbocycles.